The van der Waals surface area contributed by atoms with Gasteiger partial charge in [-0.2, -0.15) is 0 Å². The highest BCUT2D eigenvalue weighted by atomic mass is 32.1. The van der Waals surface area contributed by atoms with Gasteiger partial charge >= 0.3 is 5.97 Å². The van der Waals surface area contributed by atoms with E-state index in [9.17, 15) is 9.90 Å². The van der Waals surface area contributed by atoms with Gasteiger partial charge in [-0.15, -0.1) is 11.3 Å². The van der Waals surface area contributed by atoms with Crippen LogP contribution in [0.2, 0.25) is 0 Å². The Bertz CT molecular complexity index is 1120. The molecule has 2 aromatic heterocycles. The van der Waals surface area contributed by atoms with Crippen molar-refractivity contribution in [3.8, 4) is 5.00 Å². The summed E-state index contributed by atoms with van der Waals surface area (Å²) in [6, 6.07) is 18.2. The van der Waals surface area contributed by atoms with Gasteiger partial charge in [-0.3, -0.25) is 0 Å². The molecule has 0 radical (unpaired) electrons. The first-order valence-corrected chi connectivity index (χ1v) is 9.57. The van der Waals surface area contributed by atoms with Crippen molar-refractivity contribution in [1.82, 2.24) is 4.57 Å². The van der Waals surface area contributed by atoms with Gasteiger partial charge in [-0.05, 0) is 60.9 Å². The Morgan fingerprint density at radius 1 is 1.07 bits per heavy atom. The van der Waals surface area contributed by atoms with E-state index in [2.05, 4.69) is 60.3 Å². The van der Waals surface area contributed by atoms with Gasteiger partial charge in [0.05, 0.1) is 5.52 Å². The number of para-hydroxylation sites is 1. The van der Waals surface area contributed by atoms with Gasteiger partial charge in [0.2, 0.25) is 0 Å². The minimum Gasteiger partial charge on any atom is -0.477 e. The van der Waals surface area contributed by atoms with Crippen molar-refractivity contribution in [3.63, 3.8) is 0 Å². The highest BCUT2D eigenvalue weighted by Gasteiger charge is 2.13. The lowest BCUT2D eigenvalue weighted by Gasteiger charge is -2.08. The van der Waals surface area contributed by atoms with Crippen LogP contribution >= 0.6 is 11.3 Å². The largest absolute Gasteiger partial charge is 0.477 e. The molecule has 2 N–H and O–H groups in total. The number of anilines is 1. The molecule has 0 saturated carbocycles. The zero-order chi connectivity index (χ0) is 19.0. The molecule has 0 fully saturated rings. The van der Waals surface area contributed by atoms with E-state index < -0.39 is 5.97 Å². The van der Waals surface area contributed by atoms with E-state index >= 15 is 0 Å². The summed E-state index contributed by atoms with van der Waals surface area (Å²) in [5.41, 5.74) is 5.83. The second-order valence-electron chi connectivity index (χ2n) is 6.71. The van der Waals surface area contributed by atoms with Crippen LogP contribution in [0.25, 0.3) is 15.9 Å². The Hall–Kier alpha value is -3.05. The number of hydrogen-bond donors (Lipinski definition) is 2. The molecule has 0 aliphatic rings. The molecule has 4 rings (SSSR count). The number of nitrogens with one attached hydrogen (secondary N) is 1. The standard InChI is InChI=1S/C22H20N2O2S/c1-14-9-15(2)11-17(10-14)23-12-16-13-24(19-6-4-3-5-18(16)19)21-8-7-20(27-21)22(25)26/h3-11,13,23H,12H2,1-2H3,(H,25,26). The van der Waals surface area contributed by atoms with Crippen LogP contribution in [0.3, 0.4) is 0 Å². The highest BCUT2D eigenvalue weighted by molar-refractivity contribution is 7.16. The van der Waals surface area contributed by atoms with E-state index in [0.717, 1.165) is 16.2 Å². The Balaban J connectivity index is 1.70. The van der Waals surface area contributed by atoms with Crippen molar-refractivity contribution in [2.45, 2.75) is 20.4 Å². The van der Waals surface area contributed by atoms with Gasteiger partial charge in [0.15, 0.2) is 0 Å². The van der Waals surface area contributed by atoms with Crippen molar-refractivity contribution in [2.75, 3.05) is 5.32 Å². The zero-order valence-corrected chi connectivity index (χ0v) is 16.0. The lowest BCUT2D eigenvalue weighted by Crippen LogP contribution is -1.99. The van der Waals surface area contributed by atoms with E-state index in [1.54, 1.807) is 6.07 Å². The molecule has 2 heterocycles. The summed E-state index contributed by atoms with van der Waals surface area (Å²) in [6.07, 6.45) is 2.10. The fraction of sp³-hybridized carbons (Fsp3) is 0.136. The molecule has 4 aromatic rings. The molecule has 4 nitrogen and oxygen atoms in total. The van der Waals surface area contributed by atoms with E-state index in [1.165, 1.54) is 33.4 Å². The van der Waals surface area contributed by atoms with Gasteiger partial charge in [0, 0.05) is 23.8 Å². The topological polar surface area (TPSA) is 54.3 Å². The van der Waals surface area contributed by atoms with Crippen molar-refractivity contribution >= 4 is 33.9 Å². The Labute approximate surface area is 161 Å². The first-order chi connectivity index (χ1) is 13.0. The number of aromatic nitrogens is 1. The molecular formula is C22H20N2O2S. The molecule has 0 bridgehead atoms. The average molecular weight is 376 g/mol. The van der Waals surface area contributed by atoms with Gasteiger partial charge in [0.25, 0.3) is 0 Å². The number of thiophene rings is 1. The zero-order valence-electron chi connectivity index (χ0n) is 15.2. The van der Waals surface area contributed by atoms with Crippen LogP contribution in [-0.2, 0) is 6.54 Å². The summed E-state index contributed by atoms with van der Waals surface area (Å²) in [6.45, 7) is 4.90. The molecule has 5 heteroatoms. The molecule has 136 valence electrons. The first kappa shape index (κ1) is 17.4. The predicted molar refractivity (Wildman–Crippen MR) is 111 cm³/mol. The van der Waals surface area contributed by atoms with E-state index in [1.807, 2.05) is 18.2 Å². The monoisotopic (exact) mass is 376 g/mol. The molecule has 0 unspecified atom stereocenters. The van der Waals surface area contributed by atoms with Crippen molar-refractivity contribution in [2.24, 2.45) is 0 Å². The number of carbonyl (C=O) groups is 1. The highest BCUT2D eigenvalue weighted by Crippen LogP contribution is 2.29. The molecule has 0 atom stereocenters. The number of fused-ring (bicyclic) bond motifs is 1. The fourth-order valence-corrected chi connectivity index (χ4v) is 4.25. The molecule has 0 aliphatic carbocycles. The number of aromatic carboxylic acids is 1. The van der Waals surface area contributed by atoms with E-state index in [0.29, 0.717) is 11.4 Å². The number of nitrogens with zero attached hydrogens (tertiary/aromatic N) is 1. The number of rotatable bonds is 5. The van der Waals surface area contributed by atoms with Crippen molar-refractivity contribution < 1.29 is 9.90 Å². The quantitative estimate of drug-likeness (QED) is 0.475. The van der Waals surface area contributed by atoms with Crippen LogP contribution in [0.5, 0.6) is 0 Å². The Morgan fingerprint density at radius 2 is 1.81 bits per heavy atom. The number of carboxylic acids is 1. The first-order valence-electron chi connectivity index (χ1n) is 8.76. The van der Waals surface area contributed by atoms with Crippen LogP contribution in [0.1, 0.15) is 26.4 Å². The SMILES string of the molecule is Cc1cc(C)cc(NCc2cn(-c3ccc(C(=O)O)s3)c3ccccc23)c1. The van der Waals surface area contributed by atoms with E-state index in [4.69, 9.17) is 0 Å². The third-order valence-electron chi connectivity index (χ3n) is 4.54. The van der Waals surface area contributed by atoms with Gasteiger partial charge in [-0.25, -0.2) is 4.79 Å². The van der Waals surface area contributed by atoms with Crippen LogP contribution in [0.15, 0.2) is 60.8 Å². The summed E-state index contributed by atoms with van der Waals surface area (Å²) < 4.78 is 2.07. The minimum absolute atomic E-state index is 0.345. The second kappa shape index (κ2) is 6.93. The summed E-state index contributed by atoms with van der Waals surface area (Å²) >= 11 is 1.28. The maximum Gasteiger partial charge on any atom is 0.345 e. The fourth-order valence-electron chi connectivity index (χ4n) is 3.42. The summed E-state index contributed by atoms with van der Waals surface area (Å²) in [4.78, 5) is 11.6. The van der Waals surface area contributed by atoms with Crippen molar-refractivity contribution in [3.05, 3.63) is 82.4 Å². The second-order valence-corrected chi connectivity index (χ2v) is 7.78. The van der Waals surface area contributed by atoms with E-state index in [-0.39, 0.29) is 0 Å². The smallest absolute Gasteiger partial charge is 0.345 e. The third kappa shape index (κ3) is 3.46. The number of carboxylic acid groups (broad SMARTS) is 1. The Kier molecular flexibility index (Phi) is 4.46. The maximum atomic E-state index is 11.2. The molecule has 0 aliphatic heterocycles. The molecule has 2 aromatic carbocycles. The van der Waals surface area contributed by atoms with Crippen LogP contribution in [0, 0.1) is 13.8 Å². The lowest BCUT2D eigenvalue weighted by atomic mass is 10.1. The van der Waals surface area contributed by atoms with Gasteiger partial charge in [-0.1, -0.05) is 24.3 Å². The summed E-state index contributed by atoms with van der Waals surface area (Å²) in [5.74, 6) is -0.889. The van der Waals surface area contributed by atoms with Crippen molar-refractivity contribution in [1.29, 1.82) is 0 Å². The van der Waals surface area contributed by atoms with Gasteiger partial charge < -0.3 is 15.0 Å². The normalized spacial score (nSPS) is 11.0. The summed E-state index contributed by atoms with van der Waals surface area (Å²) in [5, 5.41) is 14.8. The third-order valence-corrected chi connectivity index (χ3v) is 5.61. The molecule has 0 spiro atoms. The summed E-state index contributed by atoms with van der Waals surface area (Å²) in [7, 11) is 0. The van der Waals surface area contributed by atoms with Crippen LogP contribution < -0.4 is 5.32 Å². The maximum absolute atomic E-state index is 11.2. The molecule has 27 heavy (non-hydrogen) atoms. The number of benzene rings is 2. The molecule has 0 amide bonds. The number of aryl methyl sites for hydroxylation is 2. The van der Waals surface area contributed by atoms with Crippen LogP contribution in [-0.4, -0.2) is 15.6 Å². The van der Waals surface area contributed by atoms with Gasteiger partial charge in [0.1, 0.15) is 9.88 Å². The van der Waals surface area contributed by atoms with Crippen LogP contribution in [0.4, 0.5) is 5.69 Å². The number of hydrogen-bond acceptors (Lipinski definition) is 3. The Morgan fingerprint density at radius 3 is 2.52 bits per heavy atom. The molecule has 0 saturated heterocycles. The lowest BCUT2D eigenvalue weighted by molar-refractivity contribution is 0.0702. The average Bonchev–Trinajstić information content (AvgIpc) is 3.24. The predicted octanol–water partition coefficient (Wildman–Crippen LogP) is 5.62. The minimum atomic E-state index is -0.889. The molecular weight excluding hydrogens is 356 g/mol.